The van der Waals surface area contributed by atoms with Crippen LogP contribution >= 0.6 is 0 Å². The van der Waals surface area contributed by atoms with E-state index >= 15 is 0 Å². The summed E-state index contributed by atoms with van der Waals surface area (Å²) in [4.78, 5) is 21.4. The zero-order valence-corrected chi connectivity index (χ0v) is 17.5. The molecule has 1 aromatic carbocycles. The van der Waals surface area contributed by atoms with Gasteiger partial charge in [0.1, 0.15) is 0 Å². The summed E-state index contributed by atoms with van der Waals surface area (Å²) in [5, 5.41) is 3.43. The van der Waals surface area contributed by atoms with E-state index in [0.29, 0.717) is 11.5 Å². The minimum Gasteiger partial charge on any atom is -0.372 e. The number of piperidine rings is 1. The Hall–Kier alpha value is -2.56. The van der Waals surface area contributed by atoms with Crippen molar-refractivity contribution in [3.63, 3.8) is 0 Å². The molecule has 1 unspecified atom stereocenters. The van der Waals surface area contributed by atoms with Crippen LogP contribution in [0.4, 0.5) is 17.1 Å². The number of anilines is 3. The van der Waals surface area contributed by atoms with Crippen LogP contribution < -0.4 is 10.2 Å². The normalized spacial score (nSPS) is 16.7. The van der Waals surface area contributed by atoms with Crippen LogP contribution in [0.15, 0.2) is 36.7 Å². The second-order valence-electron chi connectivity index (χ2n) is 7.76. The van der Waals surface area contributed by atoms with Crippen molar-refractivity contribution in [1.82, 2.24) is 9.88 Å². The molecule has 1 aromatic heterocycles. The van der Waals surface area contributed by atoms with Crippen molar-refractivity contribution in [1.29, 1.82) is 0 Å². The van der Waals surface area contributed by atoms with E-state index in [-0.39, 0.29) is 5.91 Å². The zero-order valence-electron chi connectivity index (χ0n) is 17.5. The summed E-state index contributed by atoms with van der Waals surface area (Å²) >= 11 is 0. The molecule has 28 heavy (non-hydrogen) atoms. The van der Waals surface area contributed by atoms with Crippen molar-refractivity contribution in [3.8, 4) is 0 Å². The van der Waals surface area contributed by atoms with Crippen LogP contribution in [0.25, 0.3) is 0 Å². The minimum absolute atomic E-state index is 0.0799. The fraction of sp³-hybridized carbons (Fsp3) is 0.478. The standard InChI is InChI=1S/C23H32N4O/c1-5-26(6-2)21-9-10-22(18(4)12-21)25-20-13-19(14-24-15-20)23(28)27-11-7-8-17(3)16-27/h9-10,12-15,17,25H,5-8,11,16H2,1-4H3. The van der Waals surface area contributed by atoms with Crippen LogP contribution in [-0.2, 0) is 0 Å². The highest BCUT2D eigenvalue weighted by atomic mass is 16.2. The molecule has 0 aliphatic carbocycles. The van der Waals surface area contributed by atoms with Gasteiger partial charge in [-0.15, -0.1) is 0 Å². The molecule has 5 nitrogen and oxygen atoms in total. The van der Waals surface area contributed by atoms with E-state index in [1.807, 2.05) is 11.0 Å². The monoisotopic (exact) mass is 380 g/mol. The third-order valence-corrected chi connectivity index (χ3v) is 5.55. The van der Waals surface area contributed by atoms with Crippen LogP contribution in [0.2, 0.25) is 0 Å². The summed E-state index contributed by atoms with van der Waals surface area (Å²) in [6.45, 7) is 12.3. The fourth-order valence-corrected chi connectivity index (χ4v) is 3.91. The van der Waals surface area contributed by atoms with E-state index in [0.717, 1.165) is 44.0 Å². The maximum Gasteiger partial charge on any atom is 0.255 e. The van der Waals surface area contributed by atoms with Crippen molar-refractivity contribution >= 4 is 23.0 Å². The molecule has 1 amide bonds. The molecule has 150 valence electrons. The van der Waals surface area contributed by atoms with E-state index in [1.54, 1.807) is 12.4 Å². The Morgan fingerprint density at radius 2 is 2.04 bits per heavy atom. The van der Waals surface area contributed by atoms with Gasteiger partial charge in [0.25, 0.3) is 5.91 Å². The Bertz CT molecular complexity index is 816. The Balaban J connectivity index is 1.75. The minimum atomic E-state index is 0.0799. The lowest BCUT2D eigenvalue weighted by atomic mass is 10.00. The zero-order chi connectivity index (χ0) is 20.1. The molecule has 0 spiro atoms. The quantitative estimate of drug-likeness (QED) is 0.778. The maximum absolute atomic E-state index is 12.9. The van der Waals surface area contributed by atoms with Crippen molar-refractivity contribution < 1.29 is 4.79 Å². The summed E-state index contributed by atoms with van der Waals surface area (Å²) in [5.74, 6) is 0.648. The molecule has 3 rings (SSSR count). The summed E-state index contributed by atoms with van der Waals surface area (Å²) in [5.41, 5.74) is 4.93. The number of aryl methyl sites for hydroxylation is 1. The number of amides is 1. The van der Waals surface area contributed by atoms with Gasteiger partial charge in [0, 0.05) is 43.8 Å². The SMILES string of the molecule is CCN(CC)c1ccc(Nc2cncc(C(=O)N3CCCC(C)C3)c2)c(C)c1. The Morgan fingerprint density at radius 1 is 1.25 bits per heavy atom. The first kappa shape index (κ1) is 20.2. The first-order valence-corrected chi connectivity index (χ1v) is 10.4. The van der Waals surface area contributed by atoms with E-state index in [2.05, 4.69) is 61.1 Å². The summed E-state index contributed by atoms with van der Waals surface area (Å²) in [6, 6.07) is 8.35. The maximum atomic E-state index is 12.9. The van der Waals surface area contributed by atoms with Crippen LogP contribution in [0.1, 0.15) is 49.5 Å². The van der Waals surface area contributed by atoms with Crippen LogP contribution in [0.3, 0.4) is 0 Å². The predicted molar refractivity (Wildman–Crippen MR) is 117 cm³/mol. The molecule has 1 saturated heterocycles. The average Bonchev–Trinajstić information content (AvgIpc) is 2.70. The number of carbonyl (C=O) groups excluding carboxylic acids is 1. The Labute approximate surface area is 168 Å². The van der Waals surface area contributed by atoms with Gasteiger partial charge in [0.2, 0.25) is 0 Å². The molecule has 0 bridgehead atoms. The van der Waals surface area contributed by atoms with Gasteiger partial charge in [-0.05, 0) is 69.4 Å². The predicted octanol–water partition coefficient (Wildman–Crippen LogP) is 4.85. The average molecular weight is 381 g/mol. The highest BCUT2D eigenvalue weighted by Crippen LogP contribution is 2.26. The number of benzene rings is 1. The number of rotatable bonds is 6. The number of aromatic nitrogens is 1. The van der Waals surface area contributed by atoms with Crippen molar-refractivity contribution in [3.05, 3.63) is 47.8 Å². The molecule has 2 heterocycles. The van der Waals surface area contributed by atoms with Gasteiger partial charge in [-0.25, -0.2) is 0 Å². The number of hydrogen-bond acceptors (Lipinski definition) is 4. The molecule has 1 N–H and O–H groups in total. The molecule has 0 radical (unpaired) electrons. The summed E-state index contributed by atoms with van der Waals surface area (Å²) in [7, 11) is 0. The number of nitrogens with one attached hydrogen (secondary N) is 1. The number of hydrogen-bond donors (Lipinski definition) is 1. The highest BCUT2D eigenvalue weighted by Gasteiger charge is 2.22. The second-order valence-corrected chi connectivity index (χ2v) is 7.76. The fourth-order valence-electron chi connectivity index (χ4n) is 3.91. The van der Waals surface area contributed by atoms with E-state index < -0.39 is 0 Å². The number of carbonyl (C=O) groups is 1. The van der Waals surface area contributed by atoms with Gasteiger partial charge in [-0.2, -0.15) is 0 Å². The molecule has 1 aliphatic rings. The van der Waals surface area contributed by atoms with Crippen LogP contribution in [-0.4, -0.2) is 42.0 Å². The lowest BCUT2D eigenvalue weighted by molar-refractivity contribution is 0.0682. The first-order chi connectivity index (χ1) is 13.5. The molecule has 1 fully saturated rings. The lowest BCUT2D eigenvalue weighted by Crippen LogP contribution is -2.39. The van der Waals surface area contributed by atoms with Gasteiger partial charge < -0.3 is 15.1 Å². The molecule has 5 heteroatoms. The number of pyridine rings is 1. The summed E-state index contributed by atoms with van der Waals surface area (Å²) in [6.07, 6.45) is 5.72. The second kappa shape index (κ2) is 9.09. The third-order valence-electron chi connectivity index (χ3n) is 5.55. The van der Waals surface area contributed by atoms with Gasteiger partial charge in [0.05, 0.1) is 17.4 Å². The number of nitrogens with zero attached hydrogens (tertiary/aromatic N) is 3. The smallest absolute Gasteiger partial charge is 0.255 e. The molecule has 2 aromatic rings. The summed E-state index contributed by atoms with van der Waals surface area (Å²) < 4.78 is 0. The van der Waals surface area contributed by atoms with E-state index in [9.17, 15) is 4.79 Å². The topological polar surface area (TPSA) is 48.5 Å². The van der Waals surface area contributed by atoms with Crippen molar-refractivity contribution in [2.75, 3.05) is 36.4 Å². The first-order valence-electron chi connectivity index (χ1n) is 10.4. The van der Waals surface area contributed by atoms with Crippen LogP contribution in [0, 0.1) is 12.8 Å². The van der Waals surface area contributed by atoms with Crippen molar-refractivity contribution in [2.24, 2.45) is 5.92 Å². The number of likely N-dealkylation sites (tertiary alicyclic amines) is 1. The molecular weight excluding hydrogens is 348 g/mol. The highest BCUT2D eigenvalue weighted by molar-refractivity contribution is 5.95. The van der Waals surface area contributed by atoms with Gasteiger partial charge in [0.15, 0.2) is 0 Å². The molecular formula is C23H32N4O. The van der Waals surface area contributed by atoms with Gasteiger partial charge in [-0.1, -0.05) is 6.92 Å². The molecule has 1 aliphatic heterocycles. The van der Waals surface area contributed by atoms with E-state index in [4.69, 9.17) is 0 Å². The molecule has 0 saturated carbocycles. The third kappa shape index (κ3) is 4.64. The van der Waals surface area contributed by atoms with Gasteiger partial charge >= 0.3 is 0 Å². The van der Waals surface area contributed by atoms with Crippen LogP contribution in [0.5, 0.6) is 0 Å². The Morgan fingerprint density at radius 3 is 2.71 bits per heavy atom. The van der Waals surface area contributed by atoms with Crippen molar-refractivity contribution in [2.45, 2.75) is 40.5 Å². The van der Waals surface area contributed by atoms with Gasteiger partial charge in [-0.3, -0.25) is 9.78 Å². The molecule has 1 atom stereocenters. The Kier molecular flexibility index (Phi) is 6.55. The van der Waals surface area contributed by atoms with E-state index in [1.165, 1.54) is 17.7 Å². The largest absolute Gasteiger partial charge is 0.372 e. The lowest BCUT2D eigenvalue weighted by Gasteiger charge is -2.31.